The van der Waals surface area contributed by atoms with Crippen LogP contribution in [0.15, 0.2) is 30.3 Å². The van der Waals surface area contributed by atoms with Crippen molar-refractivity contribution in [3.8, 4) is 0 Å². The average molecular weight is 319 g/mol. The van der Waals surface area contributed by atoms with E-state index in [9.17, 15) is 4.79 Å². The quantitative estimate of drug-likeness (QED) is 0.614. The minimum absolute atomic E-state index is 0.103. The van der Waals surface area contributed by atoms with Gasteiger partial charge in [-0.3, -0.25) is 9.69 Å². The summed E-state index contributed by atoms with van der Waals surface area (Å²) in [6.45, 7) is 0.292. The first-order valence-electron chi connectivity index (χ1n) is 8.12. The Hall–Kier alpha value is -1.43. The van der Waals surface area contributed by atoms with E-state index in [4.69, 9.17) is 14.2 Å². The second-order valence-electron chi connectivity index (χ2n) is 6.45. The van der Waals surface area contributed by atoms with Crippen molar-refractivity contribution in [3.63, 3.8) is 0 Å². The molecule has 1 aromatic rings. The molecule has 0 spiro atoms. The molecule has 0 amide bonds. The van der Waals surface area contributed by atoms with Gasteiger partial charge in [0, 0.05) is 25.1 Å². The highest BCUT2D eigenvalue weighted by Crippen LogP contribution is 2.47. The Balaban J connectivity index is 1.90. The van der Waals surface area contributed by atoms with E-state index in [2.05, 4.69) is 24.1 Å². The topological polar surface area (TPSA) is 48.0 Å². The molecule has 0 radical (unpaired) electrons. The number of hydrogen-bond acceptors (Lipinski definition) is 5. The molecule has 5 heteroatoms. The third kappa shape index (κ3) is 3.01. The first-order chi connectivity index (χ1) is 11.2. The molecule has 0 aromatic heterocycles. The molecule has 0 N–H and O–H groups in total. The number of fused-ring (bicyclic) bond motifs is 2. The number of carbonyl (C=O) groups excluding carboxylic acids is 1. The predicted octanol–water partition coefficient (Wildman–Crippen LogP) is 2.02. The number of hydrogen-bond donors (Lipinski definition) is 0. The van der Waals surface area contributed by atoms with Gasteiger partial charge in [-0.05, 0) is 25.5 Å². The van der Waals surface area contributed by atoms with Crippen LogP contribution in [-0.2, 0) is 19.0 Å². The highest BCUT2D eigenvalue weighted by molar-refractivity contribution is 5.75. The van der Waals surface area contributed by atoms with Crippen molar-refractivity contribution in [3.05, 3.63) is 35.9 Å². The van der Waals surface area contributed by atoms with E-state index < -0.39 is 0 Å². The number of methoxy groups -OCH3 is 2. The number of benzene rings is 1. The standard InChI is InChI=1S/C18H25NO4/c1-19-14-9-13(12-7-5-4-6-8-12)17(18(20)22-3)15(19)10-16(14)23-11-21-2/h4-8,13-17H,9-11H2,1-3H3/t13-,14-,15-,16+,17+/m1/s1. The lowest BCUT2D eigenvalue weighted by Gasteiger charge is -2.41. The Morgan fingerprint density at radius 1 is 1.17 bits per heavy atom. The van der Waals surface area contributed by atoms with Crippen molar-refractivity contribution in [1.29, 1.82) is 0 Å². The van der Waals surface area contributed by atoms with Gasteiger partial charge in [0.05, 0.1) is 19.1 Å². The lowest BCUT2D eigenvalue weighted by Crippen LogP contribution is -2.50. The molecule has 0 unspecified atom stereocenters. The van der Waals surface area contributed by atoms with E-state index in [1.165, 1.54) is 12.7 Å². The summed E-state index contributed by atoms with van der Waals surface area (Å²) in [5.74, 6) is -0.104. The number of nitrogens with zero attached hydrogens (tertiary/aromatic N) is 1. The molecule has 2 bridgehead atoms. The normalized spacial score (nSPS) is 33.6. The first kappa shape index (κ1) is 16.4. The van der Waals surface area contributed by atoms with Gasteiger partial charge in [-0.25, -0.2) is 0 Å². The van der Waals surface area contributed by atoms with E-state index in [1.807, 2.05) is 18.2 Å². The van der Waals surface area contributed by atoms with Crippen LogP contribution in [0.4, 0.5) is 0 Å². The molecule has 5 atom stereocenters. The van der Waals surface area contributed by atoms with E-state index in [1.54, 1.807) is 7.11 Å². The maximum atomic E-state index is 12.5. The van der Waals surface area contributed by atoms with E-state index in [0.717, 1.165) is 12.8 Å². The van der Waals surface area contributed by atoms with Gasteiger partial charge in [-0.2, -0.15) is 0 Å². The monoisotopic (exact) mass is 319 g/mol. The highest BCUT2D eigenvalue weighted by Gasteiger charge is 2.54. The number of rotatable bonds is 5. The molecule has 2 heterocycles. The third-order valence-corrected chi connectivity index (χ3v) is 5.39. The number of piperidine rings is 1. The van der Waals surface area contributed by atoms with Crippen molar-refractivity contribution < 1.29 is 19.0 Å². The molecule has 0 saturated carbocycles. The highest BCUT2D eigenvalue weighted by atomic mass is 16.7. The lowest BCUT2D eigenvalue weighted by atomic mass is 9.76. The first-order valence-corrected chi connectivity index (χ1v) is 8.12. The van der Waals surface area contributed by atoms with Crippen LogP contribution in [0.2, 0.25) is 0 Å². The summed E-state index contributed by atoms with van der Waals surface area (Å²) in [5, 5.41) is 0. The summed E-state index contributed by atoms with van der Waals surface area (Å²) in [6.07, 6.45) is 1.84. The fraction of sp³-hybridized carbons (Fsp3) is 0.611. The Kier molecular flexibility index (Phi) is 4.99. The molecule has 0 aliphatic carbocycles. The third-order valence-electron chi connectivity index (χ3n) is 5.39. The van der Waals surface area contributed by atoms with Crippen LogP contribution in [0.3, 0.4) is 0 Å². The number of ether oxygens (including phenoxy) is 3. The van der Waals surface area contributed by atoms with Gasteiger partial charge in [0.1, 0.15) is 6.79 Å². The lowest BCUT2D eigenvalue weighted by molar-refractivity contribution is -0.150. The zero-order chi connectivity index (χ0) is 16.4. The Morgan fingerprint density at radius 3 is 2.57 bits per heavy atom. The van der Waals surface area contributed by atoms with Crippen LogP contribution in [0.25, 0.3) is 0 Å². The van der Waals surface area contributed by atoms with E-state index in [-0.39, 0.29) is 30.0 Å². The number of likely N-dealkylation sites (N-methyl/N-ethyl adjacent to an activating group) is 1. The number of carbonyl (C=O) groups is 1. The Bertz CT molecular complexity index is 535. The van der Waals surface area contributed by atoms with Crippen molar-refractivity contribution in [2.75, 3.05) is 28.1 Å². The van der Waals surface area contributed by atoms with Gasteiger partial charge in [-0.1, -0.05) is 30.3 Å². The van der Waals surface area contributed by atoms with Gasteiger partial charge >= 0.3 is 5.97 Å². The molecular formula is C18H25NO4. The van der Waals surface area contributed by atoms with Crippen LogP contribution in [0, 0.1) is 5.92 Å². The Labute approximate surface area is 137 Å². The molecular weight excluding hydrogens is 294 g/mol. The Morgan fingerprint density at radius 2 is 1.91 bits per heavy atom. The minimum atomic E-state index is -0.153. The smallest absolute Gasteiger partial charge is 0.310 e. The SMILES string of the molecule is COCO[C@H]1C[C@@H]2[C@@H](C(=O)OC)[C@@H](c3ccccc3)C[C@H]1N2C. The van der Waals surface area contributed by atoms with E-state index >= 15 is 0 Å². The summed E-state index contributed by atoms with van der Waals surface area (Å²) < 4.78 is 16.1. The summed E-state index contributed by atoms with van der Waals surface area (Å²) in [6, 6.07) is 10.7. The summed E-state index contributed by atoms with van der Waals surface area (Å²) in [7, 11) is 5.20. The van der Waals surface area contributed by atoms with Crippen LogP contribution in [-0.4, -0.2) is 57.1 Å². The maximum absolute atomic E-state index is 12.5. The van der Waals surface area contributed by atoms with Crippen molar-refractivity contribution in [2.24, 2.45) is 5.92 Å². The van der Waals surface area contributed by atoms with Crippen molar-refractivity contribution in [2.45, 2.75) is 36.9 Å². The molecule has 1 aromatic carbocycles. The summed E-state index contributed by atoms with van der Waals surface area (Å²) >= 11 is 0. The second kappa shape index (κ2) is 6.99. The second-order valence-corrected chi connectivity index (χ2v) is 6.45. The zero-order valence-electron chi connectivity index (χ0n) is 14.0. The van der Waals surface area contributed by atoms with Gasteiger partial charge in [0.2, 0.25) is 0 Å². The largest absolute Gasteiger partial charge is 0.469 e. The van der Waals surface area contributed by atoms with Crippen LogP contribution >= 0.6 is 0 Å². The fourth-order valence-electron chi connectivity index (χ4n) is 4.30. The van der Waals surface area contributed by atoms with E-state index in [0.29, 0.717) is 12.8 Å². The molecule has 3 rings (SSSR count). The van der Waals surface area contributed by atoms with Crippen molar-refractivity contribution in [1.82, 2.24) is 4.90 Å². The molecule has 23 heavy (non-hydrogen) atoms. The predicted molar refractivity (Wildman–Crippen MR) is 86.0 cm³/mol. The molecule has 2 fully saturated rings. The molecule has 2 aliphatic heterocycles. The van der Waals surface area contributed by atoms with Gasteiger partial charge in [0.25, 0.3) is 0 Å². The average Bonchev–Trinajstić information content (AvgIpc) is 2.79. The molecule has 2 saturated heterocycles. The maximum Gasteiger partial charge on any atom is 0.310 e. The molecule has 5 nitrogen and oxygen atoms in total. The van der Waals surface area contributed by atoms with Gasteiger partial charge in [-0.15, -0.1) is 0 Å². The van der Waals surface area contributed by atoms with Gasteiger partial charge < -0.3 is 14.2 Å². The van der Waals surface area contributed by atoms with Crippen molar-refractivity contribution >= 4 is 5.97 Å². The van der Waals surface area contributed by atoms with Crippen LogP contribution < -0.4 is 0 Å². The fourth-order valence-corrected chi connectivity index (χ4v) is 4.30. The molecule has 2 aliphatic rings. The summed E-state index contributed by atoms with van der Waals surface area (Å²) in [5.41, 5.74) is 1.21. The zero-order valence-corrected chi connectivity index (χ0v) is 14.0. The van der Waals surface area contributed by atoms with Crippen LogP contribution in [0.1, 0.15) is 24.3 Å². The van der Waals surface area contributed by atoms with Crippen LogP contribution in [0.5, 0.6) is 0 Å². The number of esters is 1. The molecule has 126 valence electrons. The summed E-state index contributed by atoms with van der Waals surface area (Å²) in [4.78, 5) is 14.8. The minimum Gasteiger partial charge on any atom is -0.469 e. The van der Waals surface area contributed by atoms with Gasteiger partial charge in [0.15, 0.2) is 0 Å².